The number of nitrogens with one attached hydrogen (secondary N) is 2. The van der Waals surface area contributed by atoms with Gasteiger partial charge in [0.05, 0.1) is 11.4 Å². The molecule has 158 valence electrons. The Hall–Kier alpha value is -2.74. The van der Waals surface area contributed by atoms with Gasteiger partial charge in [0.1, 0.15) is 5.75 Å². The van der Waals surface area contributed by atoms with E-state index in [1.807, 2.05) is 32.0 Å². The highest BCUT2D eigenvalue weighted by Crippen LogP contribution is 2.39. The molecular formula is C21H29N3O4S. The second-order valence-electron chi connectivity index (χ2n) is 6.44. The molecule has 2 aromatic carbocycles. The van der Waals surface area contributed by atoms with Gasteiger partial charge < -0.3 is 15.0 Å². The van der Waals surface area contributed by atoms with Crippen LogP contribution in [0.15, 0.2) is 42.5 Å². The van der Waals surface area contributed by atoms with Crippen molar-refractivity contribution >= 4 is 28.2 Å². The van der Waals surface area contributed by atoms with Gasteiger partial charge >= 0.3 is 0 Å². The molecule has 29 heavy (non-hydrogen) atoms. The molecule has 1 amide bonds. The smallest absolute Gasteiger partial charge is 0.253 e. The second-order valence-corrected chi connectivity index (χ2v) is 7.18. The molecule has 0 bridgehead atoms. The van der Waals surface area contributed by atoms with Gasteiger partial charge in [-0.2, -0.15) is 0 Å². The van der Waals surface area contributed by atoms with Crippen molar-refractivity contribution < 1.29 is 17.9 Å². The summed E-state index contributed by atoms with van der Waals surface area (Å²) >= 11 is 0. The van der Waals surface area contributed by atoms with Crippen molar-refractivity contribution in [2.75, 3.05) is 29.7 Å². The fourth-order valence-electron chi connectivity index (χ4n) is 2.87. The third-order valence-corrected chi connectivity index (χ3v) is 4.83. The first-order chi connectivity index (χ1) is 14.0. The average molecular weight is 420 g/mol. The molecule has 0 aliphatic rings. The van der Waals surface area contributed by atoms with E-state index < -0.39 is 10.9 Å². The van der Waals surface area contributed by atoms with Crippen LogP contribution in [-0.2, 0) is 10.9 Å². The van der Waals surface area contributed by atoms with Crippen LogP contribution < -0.4 is 14.8 Å². The fraction of sp³-hybridized carbons (Fsp3) is 0.381. The predicted molar refractivity (Wildman–Crippen MR) is 118 cm³/mol. The van der Waals surface area contributed by atoms with Crippen LogP contribution in [-0.4, -0.2) is 38.9 Å². The highest BCUT2D eigenvalue weighted by atomic mass is 32.2. The van der Waals surface area contributed by atoms with Crippen LogP contribution in [0.3, 0.4) is 0 Å². The van der Waals surface area contributed by atoms with Gasteiger partial charge in [-0.3, -0.25) is 9.52 Å². The zero-order valence-electron chi connectivity index (χ0n) is 17.1. The van der Waals surface area contributed by atoms with Gasteiger partial charge in [0.15, 0.2) is 5.75 Å². The molecule has 0 unspecified atom stereocenters. The van der Waals surface area contributed by atoms with Crippen molar-refractivity contribution in [1.29, 1.82) is 0 Å². The lowest BCUT2D eigenvalue weighted by Crippen LogP contribution is -2.30. The molecule has 0 aliphatic heterocycles. The molecule has 7 nitrogen and oxygen atoms in total. The topological polar surface area (TPSA) is 87.7 Å². The van der Waals surface area contributed by atoms with E-state index in [2.05, 4.69) is 17.0 Å². The van der Waals surface area contributed by atoms with Crippen molar-refractivity contribution in [3.8, 4) is 11.5 Å². The minimum atomic E-state index is -2.93. The van der Waals surface area contributed by atoms with Crippen LogP contribution in [0.25, 0.3) is 0 Å². The Morgan fingerprint density at radius 3 is 2.28 bits per heavy atom. The quantitative estimate of drug-likeness (QED) is 0.377. The Balaban J connectivity index is 2.55. The normalized spacial score (nSPS) is 10.6. The van der Waals surface area contributed by atoms with E-state index in [0.29, 0.717) is 42.4 Å². The predicted octanol–water partition coefficient (Wildman–Crippen LogP) is 4.11. The van der Waals surface area contributed by atoms with E-state index in [0.717, 1.165) is 12.8 Å². The Morgan fingerprint density at radius 1 is 1.03 bits per heavy atom. The summed E-state index contributed by atoms with van der Waals surface area (Å²) in [5.74, 6) is 0.740. The summed E-state index contributed by atoms with van der Waals surface area (Å²) < 4.78 is 31.3. The minimum absolute atomic E-state index is 0.163. The zero-order chi connectivity index (χ0) is 21.2. The molecule has 0 heterocycles. The summed E-state index contributed by atoms with van der Waals surface area (Å²) in [6.07, 6.45) is 1.93. The molecule has 0 spiro atoms. The minimum Gasteiger partial charge on any atom is -0.453 e. The molecular weight excluding hydrogens is 390 g/mol. The SMILES string of the molecule is CCCCNc1cc(C(=O)N(CC)CC)cc(N[SH](=O)=O)c1Oc1ccccc1. The van der Waals surface area contributed by atoms with Crippen molar-refractivity contribution in [1.82, 2.24) is 4.90 Å². The Morgan fingerprint density at radius 2 is 1.69 bits per heavy atom. The summed E-state index contributed by atoms with van der Waals surface area (Å²) in [6.45, 7) is 7.69. The summed E-state index contributed by atoms with van der Waals surface area (Å²) in [7, 11) is -2.93. The highest BCUT2D eigenvalue weighted by molar-refractivity contribution is 7.73. The molecule has 0 saturated carbocycles. The lowest BCUT2D eigenvalue weighted by molar-refractivity contribution is 0.0773. The van der Waals surface area contributed by atoms with Gasteiger partial charge in [0, 0.05) is 25.2 Å². The van der Waals surface area contributed by atoms with E-state index in [9.17, 15) is 13.2 Å². The summed E-state index contributed by atoms with van der Waals surface area (Å²) in [4.78, 5) is 14.6. The van der Waals surface area contributed by atoms with E-state index >= 15 is 0 Å². The van der Waals surface area contributed by atoms with Gasteiger partial charge in [0.25, 0.3) is 5.91 Å². The van der Waals surface area contributed by atoms with Crippen LogP contribution in [0.4, 0.5) is 11.4 Å². The van der Waals surface area contributed by atoms with Gasteiger partial charge in [0.2, 0.25) is 10.9 Å². The monoisotopic (exact) mass is 419 g/mol. The van der Waals surface area contributed by atoms with Crippen molar-refractivity contribution in [3.05, 3.63) is 48.0 Å². The van der Waals surface area contributed by atoms with E-state index in [1.165, 1.54) is 6.07 Å². The fourth-order valence-corrected chi connectivity index (χ4v) is 3.24. The Bertz CT molecular complexity index is 873. The second kappa shape index (κ2) is 11.3. The molecule has 0 aliphatic carbocycles. The maximum absolute atomic E-state index is 12.9. The number of hydrogen-bond acceptors (Lipinski definition) is 5. The first-order valence-electron chi connectivity index (χ1n) is 9.85. The van der Waals surface area contributed by atoms with Crippen LogP contribution in [0.2, 0.25) is 0 Å². The first kappa shape index (κ1) is 22.5. The van der Waals surface area contributed by atoms with Crippen molar-refractivity contribution in [2.24, 2.45) is 0 Å². The van der Waals surface area contributed by atoms with Crippen LogP contribution in [0.1, 0.15) is 44.0 Å². The largest absolute Gasteiger partial charge is 0.453 e. The molecule has 2 N–H and O–H groups in total. The molecule has 2 rings (SSSR count). The summed E-state index contributed by atoms with van der Waals surface area (Å²) in [6, 6.07) is 12.3. The number of carbonyl (C=O) groups excluding carboxylic acids is 1. The summed E-state index contributed by atoms with van der Waals surface area (Å²) in [5.41, 5.74) is 1.19. The lowest BCUT2D eigenvalue weighted by Gasteiger charge is -2.22. The third-order valence-electron chi connectivity index (χ3n) is 4.41. The molecule has 0 atom stereocenters. The van der Waals surface area contributed by atoms with E-state index in [1.54, 1.807) is 23.1 Å². The van der Waals surface area contributed by atoms with Crippen LogP contribution in [0.5, 0.6) is 11.5 Å². The molecule has 8 heteroatoms. The lowest BCUT2D eigenvalue weighted by atomic mass is 10.1. The molecule has 2 aromatic rings. The van der Waals surface area contributed by atoms with Crippen LogP contribution >= 0.6 is 0 Å². The standard InChI is InChI=1S/C21H29N3O4S/c1-4-7-13-22-18-14-16(21(25)24(5-2)6-3)15-19(23-29(26)27)20(18)28-17-11-9-8-10-12-17/h8-12,14-15,22,29H,4-7,13H2,1-3H3,(H,23,26,27). The van der Waals surface area contributed by atoms with Crippen molar-refractivity contribution in [3.63, 3.8) is 0 Å². The number of unbranched alkanes of at least 4 members (excludes halogenated alkanes) is 1. The number of thiol groups is 1. The zero-order valence-corrected chi connectivity index (χ0v) is 18.0. The molecule has 0 saturated heterocycles. The van der Waals surface area contributed by atoms with Gasteiger partial charge in [-0.25, -0.2) is 8.42 Å². The Kier molecular flexibility index (Phi) is 8.79. The van der Waals surface area contributed by atoms with E-state index in [4.69, 9.17) is 4.74 Å². The number of amides is 1. The molecule has 0 fully saturated rings. The maximum atomic E-state index is 12.9. The molecule has 0 aromatic heterocycles. The highest BCUT2D eigenvalue weighted by Gasteiger charge is 2.20. The average Bonchev–Trinajstić information content (AvgIpc) is 2.71. The van der Waals surface area contributed by atoms with Gasteiger partial charge in [-0.05, 0) is 44.5 Å². The number of rotatable bonds is 11. The number of para-hydroxylation sites is 1. The van der Waals surface area contributed by atoms with Crippen molar-refractivity contribution in [2.45, 2.75) is 33.6 Å². The summed E-state index contributed by atoms with van der Waals surface area (Å²) in [5, 5.41) is 3.29. The van der Waals surface area contributed by atoms with Gasteiger partial charge in [-0.15, -0.1) is 0 Å². The maximum Gasteiger partial charge on any atom is 0.253 e. The first-order valence-corrected chi connectivity index (χ1v) is 11.0. The number of hydrogen-bond donors (Lipinski definition) is 3. The Labute approximate surface area is 174 Å². The number of anilines is 2. The number of ether oxygens (including phenoxy) is 1. The van der Waals surface area contributed by atoms with Crippen LogP contribution in [0, 0.1) is 0 Å². The number of nitrogens with zero attached hydrogens (tertiary/aromatic N) is 1. The number of carbonyl (C=O) groups is 1. The third kappa shape index (κ3) is 6.39. The van der Waals surface area contributed by atoms with E-state index in [-0.39, 0.29) is 11.6 Å². The number of benzene rings is 2. The molecule has 0 radical (unpaired) electrons. The van der Waals surface area contributed by atoms with Gasteiger partial charge in [-0.1, -0.05) is 31.5 Å².